The topological polar surface area (TPSA) is 64.6 Å². The molecule has 1 N–H and O–H groups in total. The van der Waals surface area contributed by atoms with Crippen LogP contribution in [0, 0.1) is 0 Å². The standard InChI is InChI=1S/C24H47NO4/c1-3-4-5-6-9-12-15-18-23(26)28-21-17-14-11-8-7-10-13-16-19-24(27)29-22-20-25-2/h25H,3-22H2,1-2H3. The lowest BCUT2D eigenvalue weighted by Gasteiger charge is -2.06. The smallest absolute Gasteiger partial charge is 0.305 e. The Kier molecular flexibility index (Phi) is 22.3. The van der Waals surface area contributed by atoms with Gasteiger partial charge in [-0.3, -0.25) is 9.59 Å². The van der Waals surface area contributed by atoms with Crippen LogP contribution in [0.25, 0.3) is 0 Å². The molecule has 0 heterocycles. The molecule has 0 saturated heterocycles. The number of unbranched alkanes of at least 4 members (excludes halogenated alkanes) is 13. The molecule has 0 aromatic rings. The van der Waals surface area contributed by atoms with E-state index in [1.54, 1.807) is 0 Å². The number of rotatable bonds is 22. The van der Waals surface area contributed by atoms with E-state index >= 15 is 0 Å². The van der Waals surface area contributed by atoms with Crippen molar-refractivity contribution in [2.45, 2.75) is 116 Å². The Hall–Kier alpha value is -1.10. The van der Waals surface area contributed by atoms with Gasteiger partial charge in [0.15, 0.2) is 0 Å². The fourth-order valence-electron chi connectivity index (χ4n) is 3.26. The summed E-state index contributed by atoms with van der Waals surface area (Å²) in [5, 5.41) is 2.95. The fourth-order valence-corrected chi connectivity index (χ4v) is 3.26. The number of likely N-dealkylation sites (N-methyl/N-ethyl adjacent to an activating group) is 1. The van der Waals surface area contributed by atoms with Crippen molar-refractivity contribution in [2.75, 3.05) is 26.8 Å². The lowest BCUT2D eigenvalue weighted by Crippen LogP contribution is -2.17. The van der Waals surface area contributed by atoms with Crippen LogP contribution in [-0.2, 0) is 19.1 Å². The molecule has 0 saturated carbocycles. The second kappa shape index (κ2) is 23.2. The third-order valence-corrected chi connectivity index (χ3v) is 5.14. The van der Waals surface area contributed by atoms with Gasteiger partial charge in [0.25, 0.3) is 0 Å². The van der Waals surface area contributed by atoms with E-state index in [1.807, 2.05) is 7.05 Å². The van der Waals surface area contributed by atoms with Crippen LogP contribution in [0.1, 0.15) is 116 Å². The molecule has 0 atom stereocenters. The summed E-state index contributed by atoms with van der Waals surface area (Å²) >= 11 is 0. The summed E-state index contributed by atoms with van der Waals surface area (Å²) in [6.45, 7) is 3.98. The van der Waals surface area contributed by atoms with Gasteiger partial charge in [-0.15, -0.1) is 0 Å². The van der Waals surface area contributed by atoms with Gasteiger partial charge in [-0.05, 0) is 26.3 Å². The minimum Gasteiger partial charge on any atom is -0.466 e. The Balaban J connectivity index is 3.21. The van der Waals surface area contributed by atoms with Crippen molar-refractivity contribution < 1.29 is 19.1 Å². The number of carbonyl (C=O) groups excluding carboxylic acids is 2. The lowest BCUT2D eigenvalue weighted by atomic mass is 10.1. The maximum absolute atomic E-state index is 11.7. The van der Waals surface area contributed by atoms with Gasteiger partial charge in [-0.25, -0.2) is 0 Å². The highest BCUT2D eigenvalue weighted by molar-refractivity contribution is 5.69. The van der Waals surface area contributed by atoms with Crippen LogP contribution >= 0.6 is 0 Å². The molecule has 172 valence electrons. The molecule has 0 unspecified atom stereocenters. The van der Waals surface area contributed by atoms with Crippen molar-refractivity contribution in [1.82, 2.24) is 5.32 Å². The average molecular weight is 414 g/mol. The molecule has 0 rings (SSSR count). The van der Waals surface area contributed by atoms with Crippen molar-refractivity contribution in [3.8, 4) is 0 Å². The number of esters is 2. The third kappa shape index (κ3) is 23.0. The van der Waals surface area contributed by atoms with Crippen molar-refractivity contribution in [1.29, 1.82) is 0 Å². The fraction of sp³-hybridized carbons (Fsp3) is 0.917. The summed E-state index contributed by atoms with van der Waals surface area (Å²) < 4.78 is 10.4. The van der Waals surface area contributed by atoms with Crippen LogP contribution in [0.5, 0.6) is 0 Å². The van der Waals surface area contributed by atoms with Crippen LogP contribution in [0.3, 0.4) is 0 Å². The molecule has 5 nitrogen and oxygen atoms in total. The molecule has 0 radical (unpaired) electrons. The molecule has 0 fully saturated rings. The molecule has 0 aliphatic rings. The van der Waals surface area contributed by atoms with Crippen molar-refractivity contribution in [3.05, 3.63) is 0 Å². The van der Waals surface area contributed by atoms with E-state index in [2.05, 4.69) is 12.2 Å². The molecule has 0 bridgehead atoms. The first-order valence-electron chi connectivity index (χ1n) is 12.2. The SMILES string of the molecule is CCCCCCCCCC(=O)OCCCCCCCCCCC(=O)OCCNC. The molecular formula is C24H47NO4. The summed E-state index contributed by atoms with van der Waals surface area (Å²) in [5.74, 6) is -0.107. The van der Waals surface area contributed by atoms with Crippen LogP contribution in [0.15, 0.2) is 0 Å². The van der Waals surface area contributed by atoms with E-state index in [0.717, 1.165) is 38.5 Å². The molecule has 0 aromatic carbocycles. The molecule has 29 heavy (non-hydrogen) atoms. The maximum Gasteiger partial charge on any atom is 0.305 e. The summed E-state index contributed by atoms with van der Waals surface area (Å²) in [6, 6.07) is 0. The Morgan fingerprint density at radius 2 is 1.00 bits per heavy atom. The van der Waals surface area contributed by atoms with Crippen molar-refractivity contribution >= 4 is 11.9 Å². The van der Waals surface area contributed by atoms with E-state index in [4.69, 9.17) is 9.47 Å². The van der Waals surface area contributed by atoms with Crippen LogP contribution < -0.4 is 5.32 Å². The molecule has 0 spiro atoms. The van der Waals surface area contributed by atoms with E-state index < -0.39 is 0 Å². The normalized spacial score (nSPS) is 10.8. The molecule has 0 aromatic heterocycles. The maximum atomic E-state index is 11.7. The number of ether oxygens (including phenoxy) is 2. The number of carbonyl (C=O) groups is 2. The zero-order valence-electron chi connectivity index (χ0n) is 19.3. The first kappa shape index (κ1) is 27.9. The first-order chi connectivity index (χ1) is 14.2. The zero-order valence-corrected chi connectivity index (χ0v) is 19.3. The predicted molar refractivity (Wildman–Crippen MR) is 120 cm³/mol. The van der Waals surface area contributed by atoms with E-state index in [0.29, 0.717) is 32.6 Å². The number of hydrogen-bond acceptors (Lipinski definition) is 5. The van der Waals surface area contributed by atoms with Gasteiger partial charge in [0.1, 0.15) is 6.61 Å². The number of nitrogens with one attached hydrogen (secondary N) is 1. The van der Waals surface area contributed by atoms with Crippen molar-refractivity contribution in [3.63, 3.8) is 0 Å². The Labute approximate surface area is 179 Å². The zero-order chi connectivity index (χ0) is 21.4. The molecule has 0 aliphatic heterocycles. The summed E-state index contributed by atoms with van der Waals surface area (Å²) in [7, 11) is 1.85. The predicted octanol–water partition coefficient (Wildman–Crippen LogP) is 5.94. The molecule has 0 amide bonds. The average Bonchev–Trinajstić information content (AvgIpc) is 2.71. The largest absolute Gasteiger partial charge is 0.466 e. The highest BCUT2D eigenvalue weighted by Gasteiger charge is 2.03. The van der Waals surface area contributed by atoms with Gasteiger partial charge in [-0.2, -0.15) is 0 Å². The first-order valence-corrected chi connectivity index (χ1v) is 12.2. The number of hydrogen-bond donors (Lipinski definition) is 1. The summed E-state index contributed by atoms with van der Waals surface area (Å²) in [4.78, 5) is 23.1. The van der Waals surface area contributed by atoms with Gasteiger partial charge in [0, 0.05) is 19.4 Å². The Morgan fingerprint density at radius 3 is 1.48 bits per heavy atom. The van der Waals surface area contributed by atoms with E-state index in [-0.39, 0.29) is 11.9 Å². The monoisotopic (exact) mass is 413 g/mol. The lowest BCUT2D eigenvalue weighted by molar-refractivity contribution is -0.144. The Morgan fingerprint density at radius 1 is 0.586 bits per heavy atom. The second-order valence-corrected chi connectivity index (χ2v) is 7.99. The van der Waals surface area contributed by atoms with Gasteiger partial charge < -0.3 is 14.8 Å². The molecule has 0 aliphatic carbocycles. The minimum atomic E-state index is -0.0817. The van der Waals surface area contributed by atoms with E-state index in [9.17, 15) is 9.59 Å². The van der Waals surface area contributed by atoms with E-state index in [1.165, 1.54) is 57.8 Å². The van der Waals surface area contributed by atoms with Gasteiger partial charge in [-0.1, -0.05) is 84.0 Å². The molecular weight excluding hydrogens is 366 g/mol. The summed E-state index contributed by atoms with van der Waals surface area (Å²) in [5.41, 5.74) is 0. The van der Waals surface area contributed by atoms with Crippen LogP contribution in [0.2, 0.25) is 0 Å². The third-order valence-electron chi connectivity index (χ3n) is 5.14. The quantitative estimate of drug-likeness (QED) is 0.176. The second-order valence-electron chi connectivity index (χ2n) is 7.99. The minimum absolute atomic E-state index is 0.0250. The highest BCUT2D eigenvalue weighted by atomic mass is 16.5. The highest BCUT2D eigenvalue weighted by Crippen LogP contribution is 2.11. The van der Waals surface area contributed by atoms with Gasteiger partial charge in [0.2, 0.25) is 0 Å². The van der Waals surface area contributed by atoms with Gasteiger partial charge >= 0.3 is 11.9 Å². The Bertz CT molecular complexity index is 374. The van der Waals surface area contributed by atoms with Crippen LogP contribution in [-0.4, -0.2) is 38.7 Å². The van der Waals surface area contributed by atoms with Gasteiger partial charge in [0.05, 0.1) is 6.61 Å². The summed E-state index contributed by atoms with van der Waals surface area (Å²) in [6.07, 6.45) is 18.6. The molecule has 5 heteroatoms. The van der Waals surface area contributed by atoms with Crippen LogP contribution in [0.4, 0.5) is 0 Å². The van der Waals surface area contributed by atoms with Crippen molar-refractivity contribution in [2.24, 2.45) is 0 Å².